The molecule has 0 unspecified atom stereocenters. The van der Waals surface area contributed by atoms with E-state index < -0.39 is 0 Å². The van der Waals surface area contributed by atoms with Crippen molar-refractivity contribution in [3.8, 4) is 0 Å². The van der Waals surface area contributed by atoms with Crippen LogP contribution in [0.4, 0.5) is 0 Å². The second-order valence-electron chi connectivity index (χ2n) is 7.35. The number of carbonyl (C=O) groups excluding carboxylic acids is 1. The van der Waals surface area contributed by atoms with Crippen LogP contribution in [0.1, 0.15) is 30.9 Å². The number of nitrogens with one attached hydrogen (secondary N) is 1. The van der Waals surface area contributed by atoms with Crippen LogP contribution in [0.25, 0.3) is 0 Å². The normalized spacial score (nSPS) is 24.8. The maximum atomic E-state index is 12.2. The largest absolute Gasteiger partial charge is 0.353 e. The van der Waals surface area contributed by atoms with Crippen molar-refractivity contribution in [1.29, 1.82) is 0 Å². The minimum Gasteiger partial charge on any atom is -0.353 e. The average Bonchev–Trinajstić information content (AvgIpc) is 3.15. The number of fused-ring (bicyclic) bond motifs is 4. The van der Waals surface area contributed by atoms with E-state index in [0.717, 1.165) is 57.7 Å². The third-order valence-electron chi connectivity index (χ3n) is 5.62. The fourth-order valence-corrected chi connectivity index (χ4v) is 4.62. The van der Waals surface area contributed by atoms with Crippen molar-refractivity contribution in [2.45, 2.75) is 31.7 Å². The molecule has 1 amide bonds. The third-order valence-corrected chi connectivity index (χ3v) is 6.02. The second-order valence-corrected chi connectivity index (χ2v) is 7.74. The molecule has 2 atom stereocenters. The first kappa shape index (κ1) is 16.6. The lowest BCUT2D eigenvalue weighted by Gasteiger charge is -2.43. The van der Waals surface area contributed by atoms with Gasteiger partial charge >= 0.3 is 0 Å². The molecule has 1 aromatic rings. The first-order valence-corrected chi connectivity index (χ1v) is 9.53. The van der Waals surface area contributed by atoms with E-state index in [1.54, 1.807) is 6.07 Å². The average molecular weight is 360 g/mol. The molecule has 3 aliphatic rings. The van der Waals surface area contributed by atoms with Crippen LogP contribution in [0.3, 0.4) is 0 Å². The van der Waals surface area contributed by atoms with Crippen LogP contribution < -0.4 is 10.9 Å². The molecule has 4 heterocycles. The molecule has 1 N–H and O–H groups in total. The molecule has 6 nitrogen and oxygen atoms in total. The Morgan fingerprint density at radius 1 is 1.16 bits per heavy atom. The Bertz CT molecular complexity index is 741. The number of nitrogens with zero attached hydrogens (tertiary/aromatic N) is 3. The highest BCUT2D eigenvalue weighted by molar-refractivity contribution is 7.80. The number of hydrogen-bond acceptors (Lipinski definition) is 3. The molecule has 0 aromatic carbocycles. The number of amides is 1. The van der Waals surface area contributed by atoms with Gasteiger partial charge in [0.25, 0.3) is 5.56 Å². The van der Waals surface area contributed by atoms with Crippen LogP contribution in [0.5, 0.6) is 0 Å². The number of rotatable bonds is 2. The highest BCUT2D eigenvalue weighted by atomic mass is 32.1. The lowest BCUT2D eigenvalue weighted by atomic mass is 9.83. The molecule has 7 heteroatoms. The van der Waals surface area contributed by atoms with E-state index in [1.165, 1.54) is 0 Å². The van der Waals surface area contributed by atoms with Crippen LogP contribution in [-0.4, -0.2) is 58.1 Å². The number of pyridine rings is 1. The molecule has 0 saturated carbocycles. The van der Waals surface area contributed by atoms with Gasteiger partial charge in [-0.05, 0) is 43.5 Å². The van der Waals surface area contributed by atoms with Gasteiger partial charge in [0.2, 0.25) is 5.91 Å². The summed E-state index contributed by atoms with van der Waals surface area (Å²) in [6.45, 7) is 4.43. The zero-order valence-corrected chi connectivity index (χ0v) is 15.1. The van der Waals surface area contributed by atoms with E-state index in [1.807, 2.05) is 15.5 Å². The van der Waals surface area contributed by atoms with Gasteiger partial charge in [-0.15, -0.1) is 0 Å². The fraction of sp³-hybridized carbons (Fsp3) is 0.611. The van der Waals surface area contributed by atoms with Crippen molar-refractivity contribution in [2.24, 2.45) is 5.92 Å². The molecule has 25 heavy (non-hydrogen) atoms. The van der Waals surface area contributed by atoms with Gasteiger partial charge in [-0.25, -0.2) is 0 Å². The summed E-state index contributed by atoms with van der Waals surface area (Å²) in [6, 6.07) is 5.54. The second kappa shape index (κ2) is 6.78. The van der Waals surface area contributed by atoms with Gasteiger partial charge in [0.15, 0.2) is 5.11 Å². The molecule has 2 bridgehead atoms. The van der Waals surface area contributed by atoms with E-state index in [9.17, 15) is 9.59 Å². The third kappa shape index (κ3) is 3.29. The Labute approximate surface area is 152 Å². The Balaban J connectivity index is 1.39. The van der Waals surface area contributed by atoms with Crippen molar-refractivity contribution in [3.05, 3.63) is 34.2 Å². The summed E-state index contributed by atoms with van der Waals surface area (Å²) in [5, 5.41) is 3.81. The number of likely N-dealkylation sites (tertiary alicyclic amines) is 2. The lowest BCUT2D eigenvalue weighted by Crippen LogP contribution is -2.53. The van der Waals surface area contributed by atoms with Crippen LogP contribution >= 0.6 is 12.2 Å². The van der Waals surface area contributed by atoms with Gasteiger partial charge in [-0.3, -0.25) is 9.59 Å². The van der Waals surface area contributed by atoms with Crippen LogP contribution in [0, 0.1) is 5.92 Å². The van der Waals surface area contributed by atoms with Gasteiger partial charge in [0, 0.05) is 50.4 Å². The minimum absolute atomic E-state index is 0.0950. The monoisotopic (exact) mass is 360 g/mol. The molecule has 134 valence electrons. The summed E-state index contributed by atoms with van der Waals surface area (Å²) in [6.07, 6.45) is 3.31. The van der Waals surface area contributed by atoms with E-state index >= 15 is 0 Å². The fourth-order valence-electron chi connectivity index (χ4n) is 4.40. The Hall–Kier alpha value is -1.89. The molecule has 3 aliphatic heterocycles. The van der Waals surface area contributed by atoms with E-state index in [-0.39, 0.29) is 18.0 Å². The predicted octanol–water partition coefficient (Wildman–Crippen LogP) is 0.764. The lowest BCUT2D eigenvalue weighted by molar-refractivity contribution is -0.128. The highest BCUT2D eigenvalue weighted by Crippen LogP contribution is 2.34. The first-order chi connectivity index (χ1) is 12.1. The SMILES string of the molecule is O=C(CNC(=S)N1C[C@H]2C[C@@H](C1)c1cccc(=O)n1C2)N1CCCC1. The summed E-state index contributed by atoms with van der Waals surface area (Å²) in [7, 11) is 0. The Morgan fingerprint density at radius 2 is 1.96 bits per heavy atom. The summed E-state index contributed by atoms with van der Waals surface area (Å²) in [5.41, 5.74) is 1.21. The molecule has 2 fully saturated rings. The topological polar surface area (TPSA) is 57.6 Å². The number of aromatic nitrogens is 1. The van der Waals surface area contributed by atoms with E-state index in [4.69, 9.17) is 12.2 Å². The summed E-state index contributed by atoms with van der Waals surface area (Å²) < 4.78 is 1.92. The summed E-state index contributed by atoms with van der Waals surface area (Å²) in [4.78, 5) is 28.3. The zero-order chi connectivity index (χ0) is 17.4. The summed E-state index contributed by atoms with van der Waals surface area (Å²) in [5.74, 6) is 0.893. The van der Waals surface area contributed by atoms with Crippen LogP contribution in [0.15, 0.2) is 23.0 Å². The molecule has 4 rings (SSSR count). The molecule has 1 aromatic heterocycles. The smallest absolute Gasteiger partial charge is 0.250 e. The maximum Gasteiger partial charge on any atom is 0.250 e. The highest BCUT2D eigenvalue weighted by Gasteiger charge is 2.35. The maximum absolute atomic E-state index is 12.2. The Morgan fingerprint density at radius 3 is 2.76 bits per heavy atom. The van der Waals surface area contributed by atoms with Gasteiger partial charge in [0.1, 0.15) is 0 Å². The first-order valence-electron chi connectivity index (χ1n) is 9.12. The summed E-state index contributed by atoms with van der Waals surface area (Å²) >= 11 is 5.54. The van der Waals surface area contributed by atoms with Crippen molar-refractivity contribution < 1.29 is 4.79 Å². The molecule has 0 spiro atoms. The molecule has 0 radical (unpaired) electrons. The van der Waals surface area contributed by atoms with Crippen molar-refractivity contribution >= 4 is 23.2 Å². The quantitative estimate of drug-likeness (QED) is 0.790. The van der Waals surface area contributed by atoms with Gasteiger partial charge in [-0.2, -0.15) is 0 Å². The van der Waals surface area contributed by atoms with Crippen molar-refractivity contribution in [3.63, 3.8) is 0 Å². The number of hydrogen-bond donors (Lipinski definition) is 1. The van der Waals surface area contributed by atoms with Crippen molar-refractivity contribution in [2.75, 3.05) is 32.7 Å². The minimum atomic E-state index is 0.0950. The van der Waals surface area contributed by atoms with Gasteiger partial charge in [0.05, 0.1) is 6.54 Å². The van der Waals surface area contributed by atoms with Gasteiger partial charge < -0.3 is 19.7 Å². The number of piperidine rings is 1. The van der Waals surface area contributed by atoms with Crippen LogP contribution in [-0.2, 0) is 11.3 Å². The van der Waals surface area contributed by atoms with E-state index in [2.05, 4.69) is 16.3 Å². The molecular weight excluding hydrogens is 336 g/mol. The van der Waals surface area contributed by atoms with Crippen molar-refractivity contribution in [1.82, 2.24) is 19.7 Å². The number of carbonyl (C=O) groups is 1. The molecule has 0 aliphatic carbocycles. The Kier molecular flexibility index (Phi) is 4.50. The predicted molar refractivity (Wildman–Crippen MR) is 99.5 cm³/mol. The standard InChI is InChI=1S/C18H24N4O2S/c23-16-5-3-4-15-14-8-13(11-22(15)16)10-21(12-14)18(25)19-9-17(24)20-6-1-2-7-20/h3-5,13-14H,1-2,6-12H2,(H,19,25)/t13-,14+/m1/s1. The van der Waals surface area contributed by atoms with E-state index in [0.29, 0.717) is 16.9 Å². The van der Waals surface area contributed by atoms with Crippen LogP contribution in [0.2, 0.25) is 0 Å². The number of thiocarbonyl (C=S) groups is 1. The van der Waals surface area contributed by atoms with Gasteiger partial charge in [-0.1, -0.05) is 6.07 Å². The molecular formula is C18H24N4O2S. The molecule has 2 saturated heterocycles. The zero-order valence-electron chi connectivity index (χ0n) is 14.3.